The van der Waals surface area contributed by atoms with Crippen LogP contribution >= 0.6 is 24.0 Å². The molecule has 2 fully saturated rings. The average Bonchev–Trinajstić information content (AvgIpc) is 3.41. The highest BCUT2D eigenvalue weighted by atomic mass is 127. The molecule has 1 heterocycles. The minimum absolute atomic E-state index is 0. The quantitative estimate of drug-likeness (QED) is 0.224. The van der Waals surface area contributed by atoms with Crippen LogP contribution in [0.5, 0.6) is 5.75 Å². The molecule has 1 aromatic rings. The van der Waals surface area contributed by atoms with E-state index in [0.29, 0.717) is 18.2 Å². The predicted octanol–water partition coefficient (Wildman–Crippen LogP) is 4.65. The summed E-state index contributed by atoms with van der Waals surface area (Å²) in [5, 5.41) is 6.90. The molecule has 0 spiro atoms. The third-order valence-corrected chi connectivity index (χ3v) is 5.39. The lowest BCUT2D eigenvalue weighted by molar-refractivity contribution is -0.274. The molecule has 2 unspecified atom stereocenters. The van der Waals surface area contributed by atoms with E-state index in [1.807, 2.05) is 13.8 Å². The van der Waals surface area contributed by atoms with Crippen molar-refractivity contribution in [2.24, 2.45) is 4.99 Å². The van der Waals surface area contributed by atoms with Crippen LogP contribution in [0, 0.1) is 0 Å². The number of hydrogen-bond acceptors (Lipinski definition) is 3. The number of alkyl halides is 3. The number of nitrogens with one attached hydrogen (secondary N) is 2. The van der Waals surface area contributed by atoms with E-state index < -0.39 is 6.36 Å². The average molecular weight is 552 g/mol. The lowest BCUT2D eigenvalue weighted by Gasteiger charge is -2.33. The van der Waals surface area contributed by atoms with Gasteiger partial charge in [0.15, 0.2) is 5.96 Å². The highest BCUT2D eigenvalue weighted by Gasteiger charge is 2.42. The van der Waals surface area contributed by atoms with Gasteiger partial charge in [-0.25, -0.2) is 0 Å². The number of rotatable bonds is 7. The van der Waals surface area contributed by atoms with Gasteiger partial charge in [-0.05, 0) is 44.7 Å². The minimum atomic E-state index is -4.69. The van der Waals surface area contributed by atoms with Crippen molar-refractivity contribution in [3.05, 3.63) is 42.0 Å². The van der Waals surface area contributed by atoms with E-state index in [9.17, 15) is 13.2 Å². The van der Waals surface area contributed by atoms with E-state index in [2.05, 4.69) is 31.8 Å². The topological polar surface area (TPSA) is 48.9 Å². The molecule has 2 atom stereocenters. The number of aliphatic imine (C=N–C) groups is 1. The van der Waals surface area contributed by atoms with Crippen LogP contribution in [-0.4, -0.2) is 55.5 Å². The van der Waals surface area contributed by atoms with Gasteiger partial charge in [0.25, 0.3) is 0 Å². The molecule has 1 aliphatic carbocycles. The Bertz CT molecular complexity index is 763. The van der Waals surface area contributed by atoms with Gasteiger partial charge in [0, 0.05) is 44.2 Å². The second-order valence-electron chi connectivity index (χ2n) is 8.15. The Hall–Kier alpha value is -1.49. The first-order valence-electron chi connectivity index (χ1n) is 10.5. The number of ether oxygens (including phenoxy) is 1. The molecule has 1 aliphatic heterocycles. The Morgan fingerprint density at radius 2 is 1.90 bits per heavy atom. The zero-order valence-corrected chi connectivity index (χ0v) is 20.4. The van der Waals surface area contributed by atoms with Gasteiger partial charge in [0.1, 0.15) is 5.75 Å². The van der Waals surface area contributed by atoms with Crippen molar-refractivity contribution in [3.8, 4) is 5.75 Å². The predicted molar refractivity (Wildman–Crippen MR) is 128 cm³/mol. The van der Waals surface area contributed by atoms with Crippen molar-refractivity contribution in [3.63, 3.8) is 0 Å². The summed E-state index contributed by atoms with van der Waals surface area (Å²) in [5.41, 5.74) is 1.75. The second-order valence-corrected chi connectivity index (χ2v) is 8.15. The minimum Gasteiger partial charge on any atom is -0.405 e. The van der Waals surface area contributed by atoms with Crippen molar-refractivity contribution < 1.29 is 17.9 Å². The van der Waals surface area contributed by atoms with Gasteiger partial charge in [-0.2, -0.15) is 0 Å². The largest absolute Gasteiger partial charge is 0.573 e. The fourth-order valence-electron chi connectivity index (χ4n) is 3.98. The highest BCUT2D eigenvalue weighted by Crippen LogP contribution is 2.45. The number of halogens is 4. The highest BCUT2D eigenvalue weighted by molar-refractivity contribution is 14.0. The van der Waals surface area contributed by atoms with Crippen LogP contribution < -0.4 is 15.4 Å². The van der Waals surface area contributed by atoms with Crippen LogP contribution in [0.25, 0.3) is 0 Å². The molecule has 0 radical (unpaired) electrons. The molecule has 1 aromatic carbocycles. The maximum absolute atomic E-state index is 12.7. The molecule has 1 saturated carbocycles. The van der Waals surface area contributed by atoms with Crippen molar-refractivity contribution >= 4 is 29.9 Å². The lowest BCUT2D eigenvalue weighted by atomic mass is 10.0. The van der Waals surface area contributed by atoms with Crippen LogP contribution in [0.2, 0.25) is 0 Å². The number of hydrogen-bond donors (Lipinski definition) is 2. The smallest absolute Gasteiger partial charge is 0.405 e. The molecular formula is C22H32F3IN4O. The summed E-state index contributed by atoms with van der Waals surface area (Å²) >= 11 is 0. The molecule has 2 N–H and O–H groups in total. The summed E-state index contributed by atoms with van der Waals surface area (Å²) in [6.07, 6.45) is -1.90. The normalized spacial score (nSPS) is 22.4. The molecule has 0 bridgehead atoms. The zero-order chi connectivity index (χ0) is 21.7. The molecular weight excluding hydrogens is 520 g/mol. The van der Waals surface area contributed by atoms with Gasteiger partial charge in [-0.15, -0.1) is 37.1 Å². The third-order valence-electron chi connectivity index (χ3n) is 5.39. The number of guanidine groups is 1. The van der Waals surface area contributed by atoms with Gasteiger partial charge in [0.2, 0.25) is 0 Å². The summed E-state index contributed by atoms with van der Waals surface area (Å²) in [6.45, 7) is 11.6. The number of likely N-dealkylation sites (tertiary alicyclic amines) is 1. The van der Waals surface area contributed by atoms with Crippen LogP contribution in [0.4, 0.5) is 13.2 Å². The van der Waals surface area contributed by atoms with Gasteiger partial charge in [0.05, 0.1) is 0 Å². The Morgan fingerprint density at radius 3 is 2.52 bits per heavy atom. The number of para-hydroxylation sites is 1. The maximum Gasteiger partial charge on any atom is 0.573 e. The van der Waals surface area contributed by atoms with E-state index in [0.717, 1.165) is 44.9 Å². The first-order valence-corrected chi connectivity index (χ1v) is 10.5. The molecule has 0 aromatic heterocycles. The van der Waals surface area contributed by atoms with Gasteiger partial charge < -0.3 is 15.4 Å². The molecule has 2 aliphatic rings. The monoisotopic (exact) mass is 552 g/mol. The summed E-state index contributed by atoms with van der Waals surface area (Å²) < 4.78 is 42.3. The Balaban J connectivity index is 0.00000341. The van der Waals surface area contributed by atoms with Crippen LogP contribution in [0.3, 0.4) is 0 Å². The Kier molecular flexibility index (Phi) is 9.47. The van der Waals surface area contributed by atoms with Crippen LogP contribution in [0.15, 0.2) is 41.4 Å². The summed E-state index contributed by atoms with van der Waals surface area (Å²) in [5.74, 6) is 0.591. The number of nitrogens with zero attached hydrogens (tertiary/aromatic N) is 2. The standard InChI is InChI=1S/C22H31F3N4O.HI/c1-4-26-21(27-16-9-11-29(12-10-16)14-15(2)3)28-19-13-18(19)17-7-5-6-8-20(17)30-22(23,24)25;/h5-8,16,18-19H,2,4,9-14H2,1,3H3,(H2,26,27,28);1H. The van der Waals surface area contributed by atoms with E-state index in [4.69, 9.17) is 0 Å². The second kappa shape index (κ2) is 11.4. The Labute approximate surface area is 199 Å². The van der Waals surface area contributed by atoms with Crippen molar-refractivity contribution in [1.29, 1.82) is 0 Å². The van der Waals surface area contributed by atoms with E-state index in [1.54, 1.807) is 18.2 Å². The lowest BCUT2D eigenvalue weighted by Crippen LogP contribution is -2.49. The number of piperidine rings is 1. The maximum atomic E-state index is 12.7. The molecule has 3 rings (SSSR count). The Morgan fingerprint density at radius 1 is 1.23 bits per heavy atom. The first-order chi connectivity index (χ1) is 14.2. The van der Waals surface area contributed by atoms with Crippen molar-refractivity contribution in [2.45, 2.75) is 57.5 Å². The first kappa shape index (κ1) is 25.8. The fraction of sp³-hybridized carbons (Fsp3) is 0.591. The third kappa shape index (κ3) is 8.17. The van der Waals surface area contributed by atoms with Crippen LogP contribution in [0.1, 0.15) is 44.6 Å². The summed E-state index contributed by atoms with van der Waals surface area (Å²) in [6, 6.07) is 6.75. The van der Waals surface area contributed by atoms with Gasteiger partial charge in [-0.1, -0.05) is 30.4 Å². The molecule has 0 amide bonds. The molecule has 1 saturated heterocycles. The van der Waals surface area contributed by atoms with Crippen molar-refractivity contribution in [2.75, 3.05) is 26.2 Å². The van der Waals surface area contributed by atoms with E-state index in [1.165, 1.54) is 11.6 Å². The van der Waals surface area contributed by atoms with Gasteiger partial charge >= 0.3 is 6.36 Å². The fourth-order valence-corrected chi connectivity index (χ4v) is 3.98. The number of benzene rings is 1. The van der Waals surface area contributed by atoms with Gasteiger partial charge in [-0.3, -0.25) is 9.89 Å². The van der Waals surface area contributed by atoms with E-state index in [-0.39, 0.29) is 41.7 Å². The molecule has 174 valence electrons. The molecule has 5 nitrogen and oxygen atoms in total. The zero-order valence-electron chi connectivity index (χ0n) is 18.0. The van der Waals surface area contributed by atoms with E-state index >= 15 is 0 Å². The summed E-state index contributed by atoms with van der Waals surface area (Å²) in [4.78, 5) is 6.93. The SMILES string of the molecule is C=C(C)CN1CCC(NC(=NCC)NC2CC2c2ccccc2OC(F)(F)F)CC1.I. The van der Waals surface area contributed by atoms with Crippen LogP contribution in [-0.2, 0) is 0 Å². The summed E-state index contributed by atoms with van der Waals surface area (Å²) in [7, 11) is 0. The molecule has 9 heteroatoms. The molecule has 31 heavy (non-hydrogen) atoms. The van der Waals surface area contributed by atoms with Crippen molar-refractivity contribution in [1.82, 2.24) is 15.5 Å².